The second kappa shape index (κ2) is 11.1. The third-order valence-corrected chi connectivity index (χ3v) is 9.17. The highest BCUT2D eigenvalue weighted by molar-refractivity contribution is 7.89. The standard InChI is InChI=1S/C25H37N3O5S/c1-2-33-25(30)20-11-17-27(18-12-20)24(29)21-9-10-22(26-13-5-3-6-14-26)23(19-21)34(31,32)28-15-7-4-8-16-28/h9-10,19-20H,2-8,11-18H2,1H3. The zero-order valence-electron chi connectivity index (χ0n) is 20.2. The number of hydrogen-bond donors (Lipinski definition) is 0. The molecule has 9 heteroatoms. The zero-order chi connectivity index (χ0) is 24.1. The van der Waals surface area contributed by atoms with Crippen molar-refractivity contribution in [3.8, 4) is 0 Å². The number of benzene rings is 1. The summed E-state index contributed by atoms with van der Waals surface area (Å²) in [7, 11) is -3.70. The second-order valence-electron chi connectivity index (χ2n) is 9.51. The molecule has 1 aromatic rings. The summed E-state index contributed by atoms with van der Waals surface area (Å²) in [6.45, 7) is 5.79. The van der Waals surface area contributed by atoms with Crippen LogP contribution in [0.25, 0.3) is 0 Å². The Morgan fingerprint density at radius 1 is 0.912 bits per heavy atom. The van der Waals surface area contributed by atoms with Crippen LogP contribution in [0.5, 0.6) is 0 Å². The van der Waals surface area contributed by atoms with E-state index in [0.29, 0.717) is 56.9 Å². The number of amides is 1. The molecule has 4 rings (SSSR count). The molecule has 0 spiro atoms. The van der Waals surface area contributed by atoms with Gasteiger partial charge >= 0.3 is 5.97 Å². The zero-order valence-corrected chi connectivity index (χ0v) is 21.0. The van der Waals surface area contributed by atoms with Crippen molar-refractivity contribution in [2.75, 3.05) is 50.8 Å². The van der Waals surface area contributed by atoms with Gasteiger partial charge in [0.25, 0.3) is 5.91 Å². The van der Waals surface area contributed by atoms with Gasteiger partial charge in [-0.05, 0) is 70.1 Å². The fourth-order valence-corrected chi connectivity index (χ4v) is 7.01. The van der Waals surface area contributed by atoms with Gasteiger partial charge in [0.1, 0.15) is 4.90 Å². The lowest BCUT2D eigenvalue weighted by atomic mass is 9.96. The number of carbonyl (C=O) groups is 2. The van der Waals surface area contributed by atoms with Crippen molar-refractivity contribution in [2.24, 2.45) is 5.92 Å². The number of nitrogens with zero attached hydrogens (tertiary/aromatic N) is 3. The number of esters is 1. The van der Waals surface area contributed by atoms with E-state index >= 15 is 0 Å². The Balaban J connectivity index is 1.58. The fourth-order valence-electron chi connectivity index (χ4n) is 5.26. The quantitative estimate of drug-likeness (QED) is 0.568. The SMILES string of the molecule is CCOC(=O)C1CCN(C(=O)c2ccc(N3CCCCC3)c(S(=O)(=O)N3CCCCC3)c2)CC1. The molecule has 3 heterocycles. The van der Waals surface area contributed by atoms with Gasteiger partial charge in [-0.2, -0.15) is 4.31 Å². The number of ether oxygens (including phenoxy) is 1. The molecule has 0 aliphatic carbocycles. The van der Waals surface area contributed by atoms with Crippen molar-refractivity contribution in [3.05, 3.63) is 23.8 Å². The Bertz CT molecular complexity index is 976. The van der Waals surface area contributed by atoms with Gasteiger partial charge in [-0.25, -0.2) is 8.42 Å². The molecule has 3 aliphatic rings. The van der Waals surface area contributed by atoms with Gasteiger partial charge in [-0.1, -0.05) is 6.42 Å². The first-order valence-corrected chi connectivity index (χ1v) is 14.2. The summed E-state index contributed by atoms with van der Waals surface area (Å²) < 4.78 is 34.1. The van der Waals surface area contributed by atoms with Crippen LogP contribution in [-0.4, -0.2) is 75.4 Å². The summed E-state index contributed by atoms with van der Waals surface area (Å²) in [6, 6.07) is 5.17. The van der Waals surface area contributed by atoms with Crippen LogP contribution in [0.15, 0.2) is 23.1 Å². The first-order valence-electron chi connectivity index (χ1n) is 12.8. The topological polar surface area (TPSA) is 87.2 Å². The predicted octanol–water partition coefficient (Wildman–Crippen LogP) is 3.27. The van der Waals surface area contributed by atoms with Crippen LogP contribution in [0.2, 0.25) is 0 Å². The van der Waals surface area contributed by atoms with Crippen molar-refractivity contribution in [3.63, 3.8) is 0 Å². The van der Waals surface area contributed by atoms with Crippen LogP contribution >= 0.6 is 0 Å². The molecular formula is C25H37N3O5S. The van der Waals surface area contributed by atoms with E-state index in [-0.39, 0.29) is 22.7 Å². The van der Waals surface area contributed by atoms with Gasteiger partial charge in [0.05, 0.1) is 18.2 Å². The highest BCUT2D eigenvalue weighted by Crippen LogP contribution is 2.33. The van der Waals surface area contributed by atoms with Gasteiger partial charge in [0.2, 0.25) is 10.0 Å². The molecule has 3 saturated heterocycles. The third-order valence-electron chi connectivity index (χ3n) is 7.24. The van der Waals surface area contributed by atoms with E-state index in [1.165, 1.54) is 0 Å². The Morgan fingerprint density at radius 2 is 1.53 bits per heavy atom. The summed E-state index contributed by atoms with van der Waals surface area (Å²) in [6.07, 6.45) is 7.15. The Morgan fingerprint density at radius 3 is 2.15 bits per heavy atom. The van der Waals surface area contributed by atoms with Gasteiger partial charge in [-0.15, -0.1) is 0 Å². The molecule has 0 atom stereocenters. The molecule has 3 aliphatic heterocycles. The number of piperidine rings is 3. The van der Waals surface area contributed by atoms with Crippen LogP contribution in [0, 0.1) is 5.92 Å². The van der Waals surface area contributed by atoms with E-state index in [1.807, 2.05) is 6.07 Å². The lowest BCUT2D eigenvalue weighted by molar-refractivity contribution is -0.149. The van der Waals surface area contributed by atoms with Crippen molar-refractivity contribution in [1.82, 2.24) is 9.21 Å². The monoisotopic (exact) mass is 491 g/mol. The number of hydrogen-bond acceptors (Lipinski definition) is 6. The maximum Gasteiger partial charge on any atom is 0.309 e. The predicted molar refractivity (Wildman–Crippen MR) is 130 cm³/mol. The van der Waals surface area contributed by atoms with E-state index in [2.05, 4.69) is 4.90 Å². The van der Waals surface area contributed by atoms with Crippen LogP contribution in [0.1, 0.15) is 68.6 Å². The van der Waals surface area contributed by atoms with E-state index < -0.39 is 10.0 Å². The fraction of sp³-hybridized carbons (Fsp3) is 0.680. The molecule has 1 aromatic carbocycles. The van der Waals surface area contributed by atoms with Crippen LogP contribution in [0.4, 0.5) is 5.69 Å². The molecule has 0 radical (unpaired) electrons. The molecule has 0 N–H and O–H groups in total. The van der Waals surface area contributed by atoms with Crippen molar-refractivity contribution in [1.29, 1.82) is 0 Å². The first-order chi connectivity index (χ1) is 16.4. The highest BCUT2D eigenvalue weighted by atomic mass is 32.2. The summed E-state index contributed by atoms with van der Waals surface area (Å²) in [5.41, 5.74) is 1.11. The summed E-state index contributed by atoms with van der Waals surface area (Å²) in [5.74, 6) is -0.557. The van der Waals surface area contributed by atoms with Crippen LogP contribution in [0.3, 0.4) is 0 Å². The molecule has 0 bridgehead atoms. The molecule has 8 nitrogen and oxygen atoms in total. The smallest absolute Gasteiger partial charge is 0.309 e. The van der Waals surface area contributed by atoms with Gasteiger partial charge in [-0.3, -0.25) is 9.59 Å². The van der Waals surface area contributed by atoms with E-state index in [1.54, 1.807) is 28.3 Å². The van der Waals surface area contributed by atoms with Gasteiger partial charge < -0.3 is 14.5 Å². The average Bonchev–Trinajstić information content (AvgIpc) is 2.89. The highest BCUT2D eigenvalue weighted by Gasteiger charge is 2.33. The van der Waals surface area contributed by atoms with E-state index in [4.69, 9.17) is 4.74 Å². The molecular weight excluding hydrogens is 454 g/mol. The van der Waals surface area contributed by atoms with Crippen molar-refractivity contribution >= 4 is 27.6 Å². The normalized spacial score (nSPS) is 20.9. The Hall–Kier alpha value is -2.13. The lowest BCUT2D eigenvalue weighted by Gasteiger charge is -2.34. The molecule has 1 amide bonds. The minimum Gasteiger partial charge on any atom is -0.466 e. The second-order valence-corrected chi connectivity index (χ2v) is 11.4. The maximum atomic E-state index is 13.7. The molecule has 3 fully saturated rings. The van der Waals surface area contributed by atoms with Crippen molar-refractivity contribution < 1.29 is 22.7 Å². The molecule has 0 saturated carbocycles. The summed E-state index contributed by atoms with van der Waals surface area (Å²) in [4.78, 5) is 29.5. The summed E-state index contributed by atoms with van der Waals surface area (Å²) >= 11 is 0. The van der Waals surface area contributed by atoms with E-state index in [0.717, 1.165) is 51.6 Å². The van der Waals surface area contributed by atoms with Crippen molar-refractivity contribution in [2.45, 2.75) is 63.2 Å². The molecule has 34 heavy (non-hydrogen) atoms. The van der Waals surface area contributed by atoms with Gasteiger partial charge in [0, 0.05) is 44.8 Å². The number of rotatable bonds is 6. The number of anilines is 1. The Kier molecular flexibility index (Phi) is 8.14. The minimum absolute atomic E-state index is 0.178. The van der Waals surface area contributed by atoms with Crippen LogP contribution in [-0.2, 0) is 19.6 Å². The largest absolute Gasteiger partial charge is 0.466 e. The lowest BCUT2D eigenvalue weighted by Crippen LogP contribution is -2.41. The Labute approximate surface area is 203 Å². The van der Waals surface area contributed by atoms with Gasteiger partial charge in [0.15, 0.2) is 0 Å². The third kappa shape index (κ3) is 5.40. The average molecular weight is 492 g/mol. The molecule has 0 aromatic heterocycles. The van der Waals surface area contributed by atoms with E-state index in [9.17, 15) is 18.0 Å². The minimum atomic E-state index is -3.70. The number of sulfonamides is 1. The first kappa shape index (κ1) is 25.0. The number of carbonyl (C=O) groups excluding carboxylic acids is 2. The van der Waals surface area contributed by atoms with Crippen LogP contribution < -0.4 is 4.90 Å². The maximum absolute atomic E-state index is 13.7. The number of likely N-dealkylation sites (tertiary alicyclic amines) is 1. The summed E-state index contributed by atoms with van der Waals surface area (Å²) in [5, 5.41) is 0. The molecule has 188 valence electrons. The molecule has 0 unspecified atom stereocenters.